The number of alkyl carbamates (subject to hydrolysis) is 1. The summed E-state index contributed by atoms with van der Waals surface area (Å²) in [6.07, 6.45) is -0.0891. The number of fused-ring (bicyclic) bond motifs is 2. The van der Waals surface area contributed by atoms with Crippen molar-refractivity contribution in [3.63, 3.8) is 0 Å². The number of hydrogen-bond donors (Lipinski definition) is 2. The fourth-order valence-electron chi connectivity index (χ4n) is 4.60. The molecule has 0 spiro atoms. The Kier molecular flexibility index (Phi) is 10.4. The topological polar surface area (TPSA) is 92.3 Å². The first kappa shape index (κ1) is 30.2. The van der Waals surface area contributed by atoms with Gasteiger partial charge in [0.05, 0.1) is 56.8 Å². The van der Waals surface area contributed by atoms with Gasteiger partial charge >= 0.3 is 12.1 Å². The summed E-state index contributed by atoms with van der Waals surface area (Å²) in [5.74, 6) is 0.784. The SMILES string of the molecule is CCOC(=O)C(CC(C)C)NC(=O)OC[N+]1(C)CCN(C2=Nc3ccccc3Nc3sc(C)cc32)CC1.[I-]. The second kappa shape index (κ2) is 13.1. The molecule has 1 aromatic heterocycles. The number of amides is 1. The number of aryl methyl sites for hydroxylation is 1. The van der Waals surface area contributed by atoms with E-state index < -0.39 is 18.1 Å². The van der Waals surface area contributed by atoms with Gasteiger partial charge in [0.25, 0.3) is 0 Å². The van der Waals surface area contributed by atoms with Crippen molar-refractivity contribution in [1.29, 1.82) is 0 Å². The highest BCUT2D eigenvalue weighted by atomic mass is 127. The standard InChI is InChI=1S/C27H37N5O4S.HI/c1-6-35-26(33)23(15-18(2)3)30-27(34)36-17-32(5)13-11-31(12-14-32)24-20-16-19(4)37-25(20)29-22-10-8-7-9-21(22)28-24;/h7-10,16,18,23H,6,11-15,17H2,1-5H3,(H-,28,29,30,34);1H. The molecule has 9 nitrogen and oxygen atoms in total. The van der Waals surface area contributed by atoms with Crippen molar-refractivity contribution in [2.75, 3.05) is 51.9 Å². The minimum atomic E-state index is -0.706. The van der Waals surface area contributed by atoms with E-state index in [1.165, 1.54) is 4.88 Å². The molecule has 0 bridgehead atoms. The summed E-state index contributed by atoms with van der Waals surface area (Å²) in [7, 11) is 2.09. The number of thiophene rings is 1. The van der Waals surface area contributed by atoms with Crippen LogP contribution in [-0.2, 0) is 14.3 Å². The van der Waals surface area contributed by atoms with Crippen molar-refractivity contribution in [1.82, 2.24) is 10.2 Å². The van der Waals surface area contributed by atoms with Crippen molar-refractivity contribution >= 4 is 45.6 Å². The molecule has 3 heterocycles. The normalized spacial score (nSPS) is 16.6. The zero-order valence-electron chi connectivity index (χ0n) is 22.8. The number of carbonyl (C=O) groups is 2. The summed E-state index contributed by atoms with van der Waals surface area (Å²) in [6.45, 7) is 11.5. The third-order valence-corrected chi connectivity index (χ3v) is 7.64. The number of aliphatic imine (C=N–C) groups is 1. The van der Waals surface area contributed by atoms with Crippen LogP contribution in [0.15, 0.2) is 35.3 Å². The van der Waals surface area contributed by atoms with Gasteiger partial charge in [-0.1, -0.05) is 26.0 Å². The van der Waals surface area contributed by atoms with Gasteiger partial charge in [-0.15, -0.1) is 11.3 Å². The van der Waals surface area contributed by atoms with Crippen LogP contribution in [0, 0.1) is 12.8 Å². The number of rotatable bonds is 7. The lowest BCUT2D eigenvalue weighted by Crippen LogP contribution is -3.00. The van der Waals surface area contributed by atoms with E-state index in [1.54, 1.807) is 18.3 Å². The van der Waals surface area contributed by atoms with Gasteiger partial charge in [0.15, 0.2) is 0 Å². The Labute approximate surface area is 246 Å². The number of anilines is 2. The number of nitrogens with zero attached hydrogens (tertiary/aromatic N) is 3. The predicted octanol–water partition coefficient (Wildman–Crippen LogP) is 1.62. The molecular weight excluding hydrogens is 617 g/mol. The lowest BCUT2D eigenvalue weighted by atomic mass is 10.0. The molecule has 2 aliphatic heterocycles. The first-order valence-electron chi connectivity index (χ1n) is 12.9. The zero-order chi connectivity index (χ0) is 26.6. The highest BCUT2D eigenvalue weighted by Gasteiger charge is 2.34. The lowest BCUT2D eigenvalue weighted by molar-refractivity contribution is -0.928. The molecule has 2 aliphatic rings. The molecule has 0 aliphatic carbocycles. The van der Waals surface area contributed by atoms with Crippen LogP contribution in [-0.4, -0.2) is 79.9 Å². The van der Waals surface area contributed by atoms with Gasteiger partial charge in [-0.2, -0.15) is 0 Å². The molecule has 1 fully saturated rings. The van der Waals surface area contributed by atoms with Gasteiger partial charge in [-0.25, -0.2) is 14.6 Å². The summed E-state index contributed by atoms with van der Waals surface area (Å²) >= 11 is 1.74. The quantitative estimate of drug-likeness (QED) is 0.268. The number of para-hydroxylation sites is 2. The Morgan fingerprint density at radius 2 is 1.92 bits per heavy atom. The van der Waals surface area contributed by atoms with Gasteiger partial charge in [0.2, 0.25) is 6.73 Å². The molecule has 1 unspecified atom stereocenters. The lowest BCUT2D eigenvalue weighted by Gasteiger charge is -2.42. The number of esters is 1. The average Bonchev–Trinajstić information content (AvgIpc) is 3.14. The minimum absolute atomic E-state index is 0. The summed E-state index contributed by atoms with van der Waals surface area (Å²) < 4.78 is 11.3. The first-order valence-corrected chi connectivity index (χ1v) is 13.7. The van der Waals surface area contributed by atoms with E-state index in [-0.39, 0.29) is 43.2 Å². The van der Waals surface area contributed by atoms with Crippen LogP contribution in [0.2, 0.25) is 0 Å². The highest BCUT2D eigenvalue weighted by molar-refractivity contribution is 7.16. The number of nitrogens with one attached hydrogen (secondary N) is 2. The van der Waals surface area contributed by atoms with E-state index in [2.05, 4.69) is 41.6 Å². The molecular formula is C27H38IN5O4S. The molecule has 1 saturated heterocycles. The van der Waals surface area contributed by atoms with E-state index in [9.17, 15) is 9.59 Å². The van der Waals surface area contributed by atoms with Crippen LogP contribution < -0.4 is 34.6 Å². The molecule has 38 heavy (non-hydrogen) atoms. The number of carbonyl (C=O) groups excluding carboxylic acids is 2. The third kappa shape index (κ3) is 7.38. The first-order chi connectivity index (χ1) is 17.7. The van der Waals surface area contributed by atoms with Crippen molar-refractivity contribution in [3.8, 4) is 0 Å². The largest absolute Gasteiger partial charge is 1.00 e. The molecule has 0 saturated carbocycles. The smallest absolute Gasteiger partial charge is 0.412 e. The fourth-order valence-corrected chi connectivity index (χ4v) is 5.52. The highest BCUT2D eigenvalue weighted by Crippen LogP contribution is 2.39. The van der Waals surface area contributed by atoms with Gasteiger partial charge in [0, 0.05) is 4.88 Å². The number of halogens is 1. The monoisotopic (exact) mass is 655 g/mol. The van der Waals surface area contributed by atoms with E-state index in [1.807, 2.05) is 32.0 Å². The summed E-state index contributed by atoms with van der Waals surface area (Å²) in [4.78, 5) is 33.4. The number of ether oxygens (including phenoxy) is 2. The summed E-state index contributed by atoms with van der Waals surface area (Å²) in [5.41, 5.74) is 3.07. The number of likely N-dealkylation sites (N-methyl/N-ethyl adjacent to an activating group) is 1. The molecule has 1 aromatic carbocycles. The number of quaternary nitrogens is 1. The number of benzene rings is 1. The molecule has 4 rings (SSSR count). The van der Waals surface area contributed by atoms with Crippen LogP contribution in [0.25, 0.3) is 0 Å². The molecule has 11 heteroatoms. The molecule has 208 valence electrons. The van der Waals surface area contributed by atoms with E-state index in [0.29, 0.717) is 10.9 Å². The number of piperazine rings is 1. The van der Waals surface area contributed by atoms with Crippen LogP contribution >= 0.6 is 11.3 Å². The third-order valence-electron chi connectivity index (χ3n) is 6.67. The summed E-state index contributed by atoms with van der Waals surface area (Å²) in [6, 6.07) is 9.61. The Balaban J connectivity index is 0.00000400. The molecule has 0 radical (unpaired) electrons. The molecule has 2 aromatic rings. The van der Waals surface area contributed by atoms with E-state index in [0.717, 1.165) is 54.0 Å². The maximum Gasteiger partial charge on any atom is 0.412 e. The number of hydrogen-bond acceptors (Lipinski definition) is 8. The predicted molar refractivity (Wildman–Crippen MR) is 147 cm³/mol. The maximum absolute atomic E-state index is 12.5. The molecule has 2 N–H and O–H groups in total. The van der Waals surface area contributed by atoms with E-state index in [4.69, 9.17) is 14.5 Å². The Hall–Kier alpha value is -2.38. The van der Waals surface area contributed by atoms with Gasteiger partial charge in [-0.05, 0) is 44.4 Å². The van der Waals surface area contributed by atoms with Crippen LogP contribution in [0.4, 0.5) is 21.2 Å². The fraction of sp³-hybridized carbons (Fsp3) is 0.519. The van der Waals surface area contributed by atoms with Crippen LogP contribution in [0.5, 0.6) is 0 Å². The van der Waals surface area contributed by atoms with Crippen molar-refractivity contribution in [2.45, 2.75) is 40.2 Å². The van der Waals surface area contributed by atoms with Crippen molar-refractivity contribution in [2.24, 2.45) is 10.9 Å². The second-order valence-electron chi connectivity index (χ2n) is 10.4. The minimum Gasteiger partial charge on any atom is -1.00 e. The van der Waals surface area contributed by atoms with E-state index >= 15 is 0 Å². The molecule has 1 atom stereocenters. The van der Waals surface area contributed by atoms with Gasteiger partial charge in [0.1, 0.15) is 16.9 Å². The van der Waals surface area contributed by atoms with Gasteiger partial charge < -0.3 is 49.0 Å². The van der Waals surface area contributed by atoms with Crippen molar-refractivity contribution in [3.05, 3.63) is 40.8 Å². The van der Waals surface area contributed by atoms with Crippen molar-refractivity contribution < 1.29 is 47.5 Å². The Morgan fingerprint density at radius 1 is 1.21 bits per heavy atom. The average molecular weight is 656 g/mol. The zero-order valence-corrected chi connectivity index (χ0v) is 25.7. The Bertz CT molecular complexity index is 1160. The van der Waals surface area contributed by atoms with Crippen LogP contribution in [0.3, 0.4) is 0 Å². The Morgan fingerprint density at radius 3 is 2.61 bits per heavy atom. The van der Waals surface area contributed by atoms with Crippen LogP contribution in [0.1, 0.15) is 37.6 Å². The number of amidine groups is 1. The summed E-state index contributed by atoms with van der Waals surface area (Å²) in [5, 5.41) is 7.37. The second-order valence-corrected chi connectivity index (χ2v) is 11.6. The molecule has 1 amide bonds. The van der Waals surface area contributed by atoms with Gasteiger partial charge in [-0.3, -0.25) is 4.48 Å². The maximum atomic E-state index is 12.5.